The average Bonchev–Trinajstić information content (AvgIpc) is 2.60. The van der Waals surface area contributed by atoms with Crippen molar-refractivity contribution in [1.82, 2.24) is 9.88 Å². The van der Waals surface area contributed by atoms with Crippen LogP contribution < -0.4 is 5.32 Å². The number of amides is 2. The second-order valence-corrected chi connectivity index (χ2v) is 5.38. The van der Waals surface area contributed by atoms with Crippen molar-refractivity contribution in [3.63, 3.8) is 0 Å². The van der Waals surface area contributed by atoms with Crippen molar-refractivity contribution in [1.29, 1.82) is 0 Å². The molecule has 0 radical (unpaired) electrons. The van der Waals surface area contributed by atoms with Crippen LogP contribution in [0.3, 0.4) is 0 Å². The molecular formula is C18H19N3O4. The lowest BCUT2D eigenvalue weighted by Crippen LogP contribution is -2.28. The first-order chi connectivity index (χ1) is 11.9. The number of aromatic nitrogens is 1. The first-order valence-corrected chi connectivity index (χ1v) is 7.76. The molecule has 2 N–H and O–H groups in total. The maximum Gasteiger partial charge on any atom is 0.354 e. The highest BCUT2D eigenvalue weighted by Gasteiger charge is 2.13. The number of hydrogen-bond donors (Lipinski definition) is 2. The number of pyridine rings is 1. The first kappa shape index (κ1) is 18.1. The van der Waals surface area contributed by atoms with E-state index in [0.29, 0.717) is 18.8 Å². The molecule has 25 heavy (non-hydrogen) atoms. The van der Waals surface area contributed by atoms with E-state index in [9.17, 15) is 14.4 Å². The molecule has 2 rings (SSSR count). The van der Waals surface area contributed by atoms with Crippen molar-refractivity contribution in [2.24, 2.45) is 0 Å². The fourth-order valence-electron chi connectivity index (χ4n) is 2.28. The van der Waals surface area contributed by atoms with Crippen LogP contribution in [0.15, 0.2) is 42.6 Å². The van der Waals surface area contributed by atoms with Gasteiger partial charge in [0.2, 0.25) is 5.91 Å². The number of nitrogens with one attached hydrogen (secondary N) is 1. The SMILES string of the molecule is CCN(Cc1ccccc1NC(=O)c1ccc(C(=O)O)nc1)C(C)=O. The van der Waals surface area contributed by atoms with Crippen molar-refractivity contribution in [3.05, 3.63) is 59.4 Å². The summed E-state index contributed by atoms with van der Waals surface area (Å²) >= 11 is 0. The monoisotopic (exact) mass is 341 g/mol. The molecule has 1 aromatic heterocycles. The average molecular weight is 341 g/mol. The summed E-state index contributed by atoms with van der Waals surface area (Å²) in [6.45, 7) is 4.34. The largest absolute Gasteiger partial charge is 0.477 e. The van der Waals surface area contributed by atoms with Gasteiger partial charge in [-0.3, -0.25) is 9.59 Å². The highest BCUT2D eigenvalue weighted by Crippen LogP contribution is 2.18. The van der Waals surface area contributed by atoms with E-state index >= 15 is 0 Å². The third-order valence-electron chi connectivity index (χ3n) is 3.70. The first-order valence-electron chi connectivity index (χ1n) is 7.76. The smallest absolute Gasteiger partial charge is 0.354 e. The molecule has 0 spiro atoms. The van der Waals surface area contributed by atoms with Crippen LogP contribution in [0.25, 0.3) is 0 Å². The Morgan fingerprint density at radius 3 is 2.44 bits per heavy atom. The highest BCUT2D eigenvalue weighted by molar-refractivity contribution is 6.04. The van der Waals surface area contributed by atoms with Crippen molar-refractivity contribution in [2.75, 3.05) is 11.9 Å². The van der Waals surface area contributed by atoms with Gasteiger partial charge in [0.25, 0.3) is 5.91 Å². The Kier molecular flexibility index (Phi) is 5.84. The molecule has 1 heterocycles. The van der Waals surface area contributed by atoms with Gasteiger partial charge >= 0.3 is 5.97 Å². The molecule has 0 fully saturated rings. The molecule has 0 bridgehead atoms. The van der Waals surface area contributed by atoms with Crippen LogP contribution in [-0.2, 0) is 11.3 Å². The van der Waals surface area contributed by atoms with E-state index < -0.39 is 11.9 Å². The van der Waals surface area contributed by atoms with Crippen LogP contribution in [0.4, 0.5) is 5.69 Å². The van der Waals surface area contributed by atoms with Crippen LogP contribution in [0.1, 0.15) is 40.3 Å². The molecule has 0 unspecified atom stereocenters. The maximum absolute atomic E-state index is 12.4. The minimum absolute atomic E-state index is 0.0444. The Balaban J connectivity index is 2.18. The summed E-state index contributed by atoms with van der Waals surface area (Å²) in [4.78, 5) is 40.2. The van der Waals surface area contributed by atoms with E-state index in [-0.39, 0.29) is 17.2 Å². The topological polar surface area (TPSA) is 99.6 Å². The normalized spacial score (nSPS) is 10.2. The van der Waals surface area contributed by atoms with E-state index in [1.54, 1.807) is 17.0 Å². The second kappa shape index (κ2) is 8.05. The fraction of sp³-hybridized carbons (Fsp3) is 0.222. The minimum Gasteiger partial charge on any atom is -0.477 e. The van der Waals surface area contributed by atoms with Crippen LogP contribution in [0.2, 0.25) is 0 Å². The number of carboxylic acids is 1. The number of hydrogen-bond acceptors (Lipinski definition) is 4. The van der Waals surface area contributed by atoms with Crippen LogP contribution in [0.5, 0.6) is 0 Å². The molecular weight excluding hydrogens is 322 g/mol. The summed E-state index contributed by atoms with van der Waals surface area (Å²) in [7, 11) is 0. The lowest BCUT2D eigenvalue weighted by Gasteiger charge is -2.21. The maximum atomic E-state index is 12.4. The molecule has 2 amide bonds. The predicted molar refractivity (Wildman–Crippen MR) is 92.4 cm³/mol. The number of nitrogens with zero attached hydrogens (tertiary/aromatic N) is 2. The van der Waals surface area contributed by atoms with Gasteiger partial charge in [-0.25, -0.2) is 9.78 Å². The third-order valence-corrected chi connectivity index (χ3v) is 3.70. The summed E-state index contributed by atoms with van der Waals surface area (Å²) in [5.41, 5.74) is 1.52. The molecule has 0 saturated carbocycles. The summed E-state index contributed by atoms with van der Waals surface area (Å²) in [5, 5.41) is 11.6. The Hall–Kier alpha value is -3.22. The third kappa shape index (κ3) is 4.63. The molecule has 0 aliphatic carbocycles. The van der Waals surface area contributed by atoms with Gasteiger partial charge in [-0.2, -0.15) is 0 Å². The quantitative estimate of drug-likeness (QED) is 0.840. The van der Waals surface area contributed by atoms with E-state index in [2.05, 4.69) is 10.3 Å². The van der Waals surface area contributed by atoms with Crippen molar-refractivity contribution >= 4 is 23.5 Å². The van der Waals surface area contributed by atoms with Gasteiger partial charge in [0, 0.05) is 31.9 Å². The van der Waals surface area contributed by atoms with Gasteiger partial charge < -0.3 is 15.3 Å². The Bertz CT molecular complexity index is 787. The molecule has 0 aliphatic heterocycles. The predicted octanol–water partition coefficient (Wildman–Crippen LogP) is 2.40. The number of carboxylic acid groups (broad SMARTS) is 1. The highest BCUT2D eigenvalue weighted by atomic mass is 16.4. The number of aromatic carboxylic acids is 1. The lowest BCUT2D eigenvalue weighted by molar-refractivity contribution is -0.129. The number of anilines is 1. The second-order valence-electron chi connectivity index (χ2n) is 5.38. The van der Waals surface area contributed by atoms with Crippen LogP contribution in [-0.4, -0.2) is 39.3 Å². The standard InChI is InChI=1S/C18H19N3O4/c1-3-21(12(2)22)11-14-6-4-5-7-15(14)20-17(23)13-8-9-16(18(24)25)19-10-13/h4-10H,3,11H2,1-2H3,(H,20,23)(H,24,25). The Labute approximate surface area is 145 Å². The minimum atomic E-state index is -1.15. The molecule has 1 aromatic carbocycles. The van der Waals surface area contributed by atoms with Gasteiger partial charge in [0.05, 0.1) is 5.56 Å². The summed E-state index contributed by atoms with van der Waals surface area (Å²) in [6, 6.07) is 9.89. The zero-order valence-corrected chi connectivity index (χ0v) is 14.0. The molecule has 0 saturated heterocycles. The van der Waals surface area contributed by atoms with Gasteiger partial charge in [0.1, 0.15) is 5.69 Å². The van der Waals surface area contributed by atoms with E-state index in [1.165, 1.54) is 25.3 Å². The number of para-hydroxylation sites is 1. The molecule has 7 heteroatoms. The van der Waals surface area contributed by atoms with E-state index in [0.717, 1.165) is 5.56 Å². The molecule has 130 valence electrons. The molecule has 0 aliphatic rings. The number of rotatable bonds is 6. The van der Waals surface area contributed by atoms with Gasteiger partial charge in [-0.15, -0.1) is 0 Å². The van der Waals surface area contributed by atoms with Crippen LogP contribution in [0, 0.1) is 0 Å². The summed E-state index contributed by atoms with van der Waals surface area (Å²) in [6.07, 6.45) is 1.22. The molecule has 0 atom stereocenters. The number of benzene rings is 1. The van der Waals surface area contributed by atoms with Gasteiger partial charge in [-0.05, 0) is 30.7 Å². The van der Waals surface area contributed by atoms with Gasteiger partial charge in [0.15, 0.2) is 0 Å². The number of carbonyl (C=O) groups excluding carboxylic acids is 2. The van der Waals surface area contributed by atoms with Gasteiger partial charge in [-0.1, -0.05) is 18.2 Å². The van der Waals surface area contributed by atoms with E-state index in [1.807, 2.05) is 19.1 Å². The summed E-state index contributed by atoms with van der Waals surface area (Å²) < 4.78 is 0. The van der Waals surface area contributed by atoms with Crippen molar-refractivity contribution < 1.29 is 19.5 Å². The summed E-state index contributed by atoms with van der Waals surface area (Å²) in [5.74, 6) is -1.60. The van der Waals surface area contributed by atoms with Crippen LogP contribution >= 0.6 is 0 Å². The number of carbonyl (C=O) groups is 3. The zero-order chi connectivity index (χ0) is 18.4. The van der Waals surface area contributed by atoms with Crippen molar-refractivity contribution in [3.8, 4) is 0 Å². The van der Waals surface area contributed by atoms with Crippen molar-refractivity contribution in [2.45, 2.75) is 20.4 Å². The molecule has 2 aromatic rings. The van der Waals surface area contributed by atoms with E-state index in [4.69, 9.17) is 5.11 Å². The lowest BCUT2D eigenvalue weighted by atomic mass is 10.1. The Morgan fingerprint density at radius 1 is 1.16 bits per heavy atom. The fourth-order valence-corrected chi connectivity index (χ4v) is 2.28. The molecule has 7 nitrogen and oxygen atoms in total. The Morgan fingerprint density at radius 2 is 1.88 bits per heavy atom. The zero-order valence-electron chi connectivity index (χ0n) is 14.0.